The highest BCUT2D eigenvalue weighted by Gasteiger charge is 2.28. The summed E-state index contributed by atoms with van der Waals surface area (Å²) in [6.45, 7) is 14.8. The molecule has 3 nitrogen and oxygen atoms in total. The fourth-order valence-electron chi connectivity index (χ4n) is 1.98. The zero-order valence-corrected chi connectivity index (χ0v) is 12.2. The number of rotatable bonds is 3. The number of hydrogen-bond acceptors (Lipinski definition) is 2. The van der Waals surface area contributed by atoms with Crippen molar-refractivity contribution < 1.29 is 5.11 Å². The lowest BCUT2D eigenvalue weighted by atomic mass is 9.99. The standard InChI is InChI=1S/C14H26N2O/c1-8-10(4)12-13(17)11(9(2)3)15-16(12)14(5,6)7/h9-10,17H,8H2,1-7H3. The highest BCUT2D eigenvalue weighted by atomic mass is 16.3. The van der Waals surface area contributed by atoms with E-state index in [4.69, 9.17) is 0 Å². The zero-order chi connectivity index (χ0) is 13.4. The average Bonchev–Trinajstić information content (AvgIpc) is 2.54. The number of hydrogen-bond donors (Lipinski definition) is 1. The summed E-state index contributed by atoms with van der Waals surface area (Å²) in [5, 5.41) is 15.0. The van der Waals surface area contributed by atoms with Gasteiger partial charge in [-0.15, -0.1) is 0 Å². The van der Waals surface area contributed by atoms with Crippen molar-refractivity contribution in [1.29, 1.82) is 0 Å². The highest BCUT2D eigenvalue weighted by molar-refractivity contribution is 5.37. The van der Waals surface area contributed by atoms with Crippen molar-refractivity contribution in [2.75, 3.05) is 0 Å². The minimum absolute atomic E-state index is 0.0939. The fraction of sp³-hybridized carbons (Fsp3) is 0.786. The molecule has 1 aromatic heterocycles. The van der Waals surface area contributed by atoms with Crippen LogP contribution in [0.4, 0.5) is 0 Å². The lowest BCUT2D eigenvalue weighted by Crippen LogP contribution is -2.26. The van der Waals surface area contributed by atoms with Gasteiger partial charge in [0.25, 0.3) is 0 Å². The largest absolute Gasteiger partial charge is 0.504 e. The molecule has 1 N–H and O–H groups in total. The Bertz CT molecular complexity index is 386. The first-order chi connectivity index (χ1) is 7.70. The Labute approximate surface area is 105 Å². The predicted molar refractivity (Wildman–Crippen MR) is 71.7 cm³/mol. The Hall–Kier alpha value is -0.990. The van der Waals surface area contributed by atoms with Crippen molar-refractivity contribution in [2.45, 2.75) is 72.3 Å². The smallest absolute Gasteiger partial charge is 0.160 e. The van der Waals surface area contributed by atoms with Gasteiger partial charge in [0.15, 0.2) is 5.75 Å². The second-order valence-corrected chi connectivity index (χ2v) is 6.17. The molecular weight excluding hydrogens is 212 g/mol. The summed E-state index contributed by atoms with van der Waals surface area (Å²) >= 11 is 0. The number of nitrogens with zero attached hydrogens (tertiary/aromatic N) is 2. The SMILES string of the molecule is CCC(C)c1c(O)c(C(C)C)nn1C(C)(C)C. The van der Waals surface area contributed by atoms with Gasteiger partial charge in [-0.25, -0.2) is 0 Å². The number of aromatic hydroxyl groups is 1. The maximum atomic E-state index is 10.4. The molecule has 0 aromatic carbocycles. The number of aromatic nitrogens is 2. The topological polar surface area (TPSA) is 38.1 Å². The van der Waals surface area contributed by atoms with Crippen LogP contribution < -0.4 is 0 Å². The Morgan fingerprint density at radius 1 is 1.24 bits per heavy atom. The van der Waals surface area contributed by atoms with E-state index in [1.165, 1.54) is 0 Å². The molecule has 0 aliphatic rings. The van der Waals surface area contributed by atoms with Crippen LogP contribution in [0.15, 0.2) is 0 Å². The van der Waals surface area contributed by atoms with E-state index < -0.39 is 0 Å². The van der Waals surface area contributed by atoms with E-state index in [1.807, 2.05) is 4.68 Å². The Morgan fingerprint density at radius 3 is 2.12 bits per heavy atom. The van der Waals surface area contributed by atoms with Crippen LogP contribution in [0.25, 0.3) is 0 Å². The Morgan fingerprint density at radius 2 is 1.76 bits per heavy atom. The molecule has 1 atom stereocenters. The van der Waals surface area contributed by atoms with Crippen molar-refractivity contribution in [2.24, 2.45) is 0 Å². The second kappa shape index (κ2) is 4.71. The van der Waals surface area contributed by atoms with Crippen molar-refractivity contribution in [3.8, 4) is 5.75 Å². The summed E-state index contributed by atoms with van der Waals surface area (Å²) in [6.07, 6.45) is 1.01. The second-order valence-electron chi connectivity index (χ2n) is 6.17. The van der Waals surface area contributed by atoms with E-state index >= 15 is 0 Å². The quantitative estimate of drug-likeness (QED) is 0.865. The van der Waals surface area contributed by atoms with Gasteiger partial charge in [-0.1, -0.05) is 27.7 Å². The first-order valence-electron chi connectivity index (χ1n) is 6.52. The summed E-state index contributed by atoms with van der Waals surface area (Å²) < 4.78 is 1.99. The van der Waals surface area contributed by atoms with Crippen LogP contribution in [0.1, 0.15) is 78.1 Å². The normalized spacial score (nSPS) is 14.4. The third-order valence-corrected chi connectivity index (χ3v) is 3.18. The Balaban J connectivity index is 3.43. The van der Waals surface area contributed by atoms with E-state index in [0.29, 0.717) is 11.7 Å². The molecule has 0 saturated heterocycles. The minimum atomic E-state index is -0.0939. The van der Waals surface area contributed by atoms with Gasteiger partial charge in [0.1, 0.15) is 5.69 Å². The van der Waals surface area contributed by atoms with E-state index in [1.54, 1.807) is 0 Å². The molecule has 0 aliphatic heterocycles. The highest BCUT2D eigenvalue weighted by Crippen LogP contribution is 2.37. The van der Waals surface area contributed by atoms with Crippen LogP contribution in [-0.2, 0) is 5.54 Å². The van der Waals surface area contributed by atoms with E-state index in [0.717, 1.165) is 17.8 Å². The van der Waals surface area contributed by atoms with Crippen molar-refractivity contribution in [3.63, 3.8) is 0 Å². The molecule has 0 aliphatic carbocycles. The molecule has 98 valence electrons. The van der Waals surface area contributed by atoms with Crippen LogP contribution in [0, 0.1) is 0 Å². The summed E-state index contributed by atoms with van der Waals surface area (Å²) in [7, 11) is 0. The Kier molecular flexibility index (Phi) is 3.90. The minimum Gasteiger partial charge on any atom is -0.504 e. The molecule has 3 heteroatoms. The molecule has 1 heterocycles. The van der Waals surface area contributed by atoms with Gasteiger partial charge in [-0.2, -0.15) is 5.10 Å². The molecule has 17 heavy (non-hydrogen) atoms. The van der Waals surface area contributed by atoms with Gasteiger partial charge in [-0.05, 0) is 27.2 Å². The van der Waals surface area contributed by atoms with E-state index in [9.17, 15) is 5.11 Å². The van der Waals surface area contributed by atoms with Gasteiger partial charge < -0.3 is 5.11 Å². The third kappa shape index (κ3) is 2.64. The summed E-state index contributed by atoms with van der Waals surface area (Å²) in [5.74, 6) is 0.972. The molecule has 0 spiro atoms. The van der Waals surface area contributed by atoms with Gasteiger partial charge >= 0.3 is 0 Å². The van der Waals surface area contributed by atoms with Gasteiger partial charge in [0, 0.05) is 11.8 Å². The van der Waals surface area contributed by atoms with Crippen molar-refractivity contribution in [1.82, 2.24) is 9.78 Å². The summed E-state index contributed by atoms with van der Waals surface area (Å²) in [6, 6.07) is 0. The van der Waals surface area contributed by atoms with Gasteiger partial charge in [0.2, 0.25) is 0 Å². The van der Waals surface area contributed by atoms with Gasteiger partial charge in [0.05, 0.1) is 11.2 Å². The monoisotopic (exact) mass is 238 g/mol. The van der Waals surface area contributed by atoms with Crippen LogP contribution in [0.5, 0.6) is 5.75 Å². The maximum Gasteiger partial charge on any atom is 0.160 e. The predicted octanol–water partition coefficient (Wildman–Crippen LogP) is 3.98. The van der Waals surface area contributed by atoms with E-state index in [2.05, 4.69) is 53.6 Å². The van der Waals surface area contributed by atoms with Crippen molar-refractivity contribution in [3.05, 3.63) is 11.4 Å². The zero-order valence-electron chi connectivity index (χ0n) is 12.2. The lowest BCUT2D eigenvalue weighted by molar-refractivity contribution is 0.329. The summed E-state index contributed by atoms with van der Waals surface area (Å²) in [4.78, 5) is 0. The van der Waals surface area contributed by atoms with Crippen LogP contribution >= 0.6 is 0 Å². The molecule has 1 rings (SSSR count). The van der Waals surface area contributed by atoms with Crippen molar-refractivity contribution >= 4 is 0 Å². The first-order valence-corrected chi connectivity index (χ1v) is 6.52. The molecule has 0 radical (unpaired) electrons. The van der Waals surface area contributed by atoms with Gasteiger partial charge in [-0.3, -0.25) is 4.68 Å². The molecule has 1 aromatic rings. The van der Waals surface area contributed by atoms with Crippen LogP contribution in [0.2, 0.25) is 0 Å². The lowest BCUT2D eigenvalue weighted by Gasteiger charge is -2.24. The molecular formula is C14H26N2O. The fourth-order valence-corrected chi connectivity index (χ4v) is 1.98. The van der Waals surface area contributed by atoms with Crippen LogP contribution in [-0.4, -0.2) is 14.9 Å². The molecule has 0 saturated carbocycles. The molecule has 0 bridgehead atoms. The van der Waals surface area contributed by atoms with E-state index in [-0.39, 0.29) is 11.5 Å². The molecule has 0 fully saturated rings. The van der Waals surface area contributed by atoms with Crippen LogP contribution in [0.3, 0.4) is 0 Å². The third-order valence-electron chi connectivity index (χ3n) is 3.18. The first kappa shape index (κ1) is 14.1. The maximum absolute atomic E-state index is 10.4. The summed E-state index contributed by atoms with van der Waals surface area (Å²) in [5.41, 5.74) is 1.70. The average molecular weight is 238 g/mol. The molecule has 1 unspecified atom stereocenters. The molecule has 0 amide bonds.